The number of rotatable bonds is 8. The lowest BCUT2D eigenvalue weighted by molar-refractivity contribution is 0.0954. The molecule has 1 amide bonds. The van der Waals surface area contributed by atoms with Gasteiger partial charge in [-0.25, -0.2) is 13.4 Å². The van der Waals surface area contributed by atoms with E-state index < -0.39 is 10.0 Å². The highest BCUT2D eigenvalue weighted by Gasteiger charge is 2.18. The molecule has 164 valence electrons. The number of methoxy groups -OCH3 is 1. The summed E-state index contributed by atoms with van der Waals surface area (Å²) in [6, 6.07) is 18.3. The number of fused-ring (bicyclic) bond motifs is 1. The van der Waals surface area contributed by atoms with Gasteiger partial charge in [-0.15, -0.1) is 0 Å². The number of carbonyl (C=O) groups is 1. The van der Waals surface area contributed by atoms with Gasteiger partial charge in [0, 0.05) is 30.9 Å². The summed E-state index contributed by atoms with van der Waals surface area (Å²) < 4.78 is 35.3. The van der Waals surface area contributed by atoms with Gasteiger partial charge in [0.15, 0.2) is 0 Å². The summed E-state index contributed by atoms with van der Waals surface area (Å²) in [6.07, 6.45) is 4.38. The van der Waals surface area contributed by atoms with Crippen LogP contribution >= 0.6 is 0 Å². The van der Waals surface area contributed by atoms with Crippen LogP contribution < -0.4 is 14.8 Å². The molecule has 2 aromatic carbocycles. The number of ether oxygens (including phenoxy) is 1. The lowest BCUT2D eigenvalue weighted by Gasteiger charge is -2.12. The van der Waals surface area contributed by atoms with Crippen molar-refractivity contribution in [2.24, 2.45) is 0 Å². The highest BCUT2D eigenvalue weighted by atomic mass is 32.2. The number of para-hydroxylation sites is 2. The van der Waals surface area contributed by atoms with E-state index in [1.54, 1.807) is 30.3 Å². The van der Waals surface area contributed by atoms with E-state index in [1.807, 2.05) is 35.0 Å². The van der Waals surface area contributed by atoms with Gasteiger partial charge in [-0.1, -0.05) is 24.3 Å². The third-order valence-electron chi connectivity index (χ3n) is 4.84. The minimum Gasteiger partial charge on any atom is -0.495 e. The lowest BCUT2D eigenvalue weighted by atomic mass is 10.2. The Morgan fingerprint density at radius 1 is 1.06 bits per heavy atom. The summed E-state index contributed by atoms with van der Waals surface area (Å²) in [5, 5.41) is 2.81. The topological polar surface area (TPSA) is 102 Å². The number of benzene rings is 2. The summed E-state index contributed by atoms with van der Waals surface area (Å²) in [5.74, 6) is 0.0417. The number of pyridine rings is 1. The molecule has 0 saturated heterocycles. The number of aromatic nitrogens is 2. The average molecular weight is 451 g/mol. The van der Waals surface area contributed by atoms with Gasteiger partial charge in [-0.3, -0.25) is 9.52 Å². The largest absolute Gasteiger partial charge is 0.495 e. The third-order valence-corrected chi connectivity index (χ3v) is 6.20. The van der Waals surface area contributed by atoms with Crippen molar-refractivity contribution < 1.29 is 17.9 Å². The van der Waals surface area contributed by atoms with Crippen LogP contribution in [0.25, 0.3) is 5.65 Å². The van der Waals surface area contributed by atoms with E-state index in [-0.39, 0.29) is 16.4 Å². The van der Waals surface area contributed by atoms with Crippen LogP contribution in [-0.2, 0) is 16.4 Å². The molecule has 0 bridgehead atoms. The molecule has 0 saturated carbocycles. The number of hydrogen-bond acceptors (Lipinski definition) is 5. The van der Waals surface area contributed by atoms with E-state index in [9.17, 15) is 13.2 Å². The normalized spacial score (nSPS) is 11.3. The van der Waals surface area contributed by atoms with E-state index in [0.717, 1.165) is 11.3 Å². The molecule has 2 aromatic heterocycles. The molecule has 0 fully saturated rings. The second-order valence-corrected chi connectivity index (χ2v) is 8.72. The maximum Gasteiger partial charge on any atom is 0.262 e. The van der Waals surface area contributed by atoms with Crippen molar-refractivity contribution >= 4 is 27.3 Å². The summed E-state index contributed by atoms with van der Waals surface area (Å²) in [7, 11) is -2.44. The second-order valence-electron chi connectivity index (χ2n) is 7.04. The van der Waals surface area contributed by atoms with Gasteiger partial charge in [0.25, 0.3) is 15.9 Å². The monoisotopic (exact) mass is 450 g/mol. The fourth-order valence-corrected chi connectivity index (χ4v) is 4.37. The van der Waals surface area contributed by atoms with Gasteiger partial charge in [-0.2, -0.15) is 0 Å². The lowest BCUT2D eigenvalue weighted by Crippen LogP contribution is -2.26. The minimum atomic E-state index is -3.90. The Labute approximate surface area is 185 Å². The average Bonchev–Trinajstić information content (AvgIpc) is 3.22. The predicted molar refractivity (Wildman–Crippen MR) is 121 cm³/mol. The summed E-state index contributed by atoms with van der Waals surface area (Å²) in [6.45, 7) is 0.374. The van der Waals surface area contributed by atoms with Crippen molar-refractivity contribution in [3.63, 3.8) is 0 Å². The smallest absolute Gasteiger partial charge is 0.262 e. The SMILES string of the molecule is COc1ccccc1NS(=O)(=O)c1cccc(C(=O)NCCc2cn3ccccc3n2)c1. The molecule has 0 aliphatic rings. The highest BCUT2D eigenvalue weighted by molar-refractivity contribution is 7.92. The Balaban J connectivity index is 1.42. The van der Waals surface area contributed by atoms with Gasteiger partial charge in [0.1, 0.15) is 11.4 Å². The molecule has 9 heteroatoms. The van der Waals surface area contributed by atoms with Crippen molar-refractivity contribution in [1.29, 1.82) is 0 Å². The van der Waals surface area contributed by atoms with Crippen LogP contribution in [0, 0.1) is 0 Å². The third kappa shape index (κ3) is 4.73. The maximum absolute atomic E-state index is 12.8. The van der Waals surface area contributed by atoms with Crippen LogP contribution in [0.3, 0.4) is 0 Å². The minimum absolute atomic E-state index is 0.0172. The first kappa shape index (κ1) is 21.4. The fraction of sp³-hybridized carbons (Fsp3) is 0.130. The summed E-state index contributed by atoms with van der Waals surface area (Å²) in [4.78, 5) is 17.1. The van der Waals surface area contributed by atoms with Crippen LogP contribution in [0.15, 0.2) is 84.0 Å². The fourth-order valence-electron chi connectivity index (χ4n) is 3.25. The molecular formula is C23H22N4O4S. The van der Waals surface area contributed by atoms with Crippen LogP contribution in [0.4, 0.5) is 5.69 Å². The molecule has 2 N–H and O–H groups in total. The zero-order valence-electron chi connectivity index (χ0n) is 17.4. The number of amides is 1. The number of carbonyl (C=O) groups excluding carboxylic acids is 1. The summed E-state index contributed by atoms with van der Waals surface area (Å²) in [5.41, 5.74) is 2.27. The van der Waals surface area contributed by atoms with Gasteiger partial charge < -0.3 is 14.5 Å². The van der Waals surface area contributed by atoms with Crippen LogP contribution in [-0.4, -0.2) is 37.4 Å². The zero-order chi connectivity index (χ0) is 22.6. The predicted octanol–water partition coefficient (Wildman–Crippen LogP) is 3.12. The van der Waals surface area contributed by atoms with Crippen LogP contribution in [0.1, 0.15) is 16.1 Å². The molecule has 0 unspecified atom stereocenters. The van der Waals surface area contributed by atoms with Crippen LogP contribution in [0.2, 0.25) is 0 Å². The van der Waals surface area contributed by atoms with E-state index >= 15 is 0 Å². The molecule has 32 heavy (non-hydrogen) atoms. The number of nitrogens with one attached hydrogen (secondary N) is 2. The first-order chi connectivity index (χ1) is 15.5. The quantitative estimate of drug-likeness (QED) is 0.430. The zero-order valence-corrected chi connectivity index (χ0v) is 18.2. The van der Waals surface area contributed by atoms with Crippen molar-refractivity contribution in [2.75, 3.05) is 18.4 Å². The van der Waals surface area contributed by atoms with Crippen molar-refractivity contribution in [3.8, 4) is 5.75 Å². The Morgan fingerprint density at radius 2 is 1.88 bits per heavy atom. The Morgan fingerprint density at radius 3 is 2.69 bits per heavy atom. The van der Waals surface area contributed by atoms with Gasteiger partial charge in [0.2, 0.25) is 0 Å². The maximum atomic E-state index is 12.8. The Bertz CT molecular complexity index is 1330. The molecule has 0 radical (unpaired) electrons. The molecule has 4 aromatic rings. The Kier molecular flexibility index (Phi) is 6.09. The molecule has 0 aliphatic heterocycles. The van der Waals surface area contributed by atoms with E-state index in [2.05, 4.69) is 15.0 Å². The number of hydrogen-bond donors (Lipinski definition) is 2. The number of nitrogens with zero attached hydrogens (tertiary/aromatic N) is 2. The molecular weight excluding hydrogens is 428 g/mol. The van der Waals surface area contributed by atoms with Gasteiger partial charge in [0.05, 0.1) is 23.4 Å². The second kappa shape index (κ2) is 9.11. The van der Waals surface area contributed by atoms with E-state index in [4.69, 9.17) is 4.74 Å². The van der Waals surface area contributed by atoms with Crippen molar-refractivity contribution in [2.45, 2.75) is 11.3 Å². The van der Waals surface area contributed by atoms with Gasteiger partial charge >= 0.3 is 0 Å². The molecule has 4 rings (SSSR count). The first-order valence-electron chi connectivity index (χ1n) is 9.93. The van der Waals surface area contributed by atoms with E-state index in [0.29, 0.717) is 24.4 Å². The van der Waals surface area contributed by atoms with Crippen molar-refractivity contribution in [1.82, 2.24) is 14.7 Å². The van der Waals surface area contributed by atoms with E-state index in [1.165, 1.54) is 25.3 Å². The molecule has 2 heterocycles. The molecule has 0 atom stereocenters. The standard InChI is InChI=1S/C23H22N4O4S/c1-31-21-10-3-2-9-20(21)26-32(29,30)19-8-6-7-17(15-19)23(28)24-13-12-18-16-27-14-5-4-11-22(27)25-18/h2-11,14-16,26H,12-13H2,1H3,(H,24,28). The number of imidazole rings is 1. The molecule has 0 aliphatic carbocycles. The number of anilines is 1. The Hall–Kier alpha value is -3.85. The highest BCUT2D eigenvalue weighted by Crippen LogP contribution is 2.26. The number of sulfonamides is 1. The molecule has 0 spiro atoms. The van der Waals surface area contributed by atoms with Crippen molar-refractivity contribution in [3.05, 3.63) is 90.4 Å². The molecule has 8 nitrogen and oxygen atoms in total. The summed E-state index contributed by atoms with van der Waals surface area (Å²) >= 11 is 0. The van der Waals surface area contributed by atoms with Crippen LogP contribution in [0.5, 0.6) is 5.75 Å². The first-order valence-corrected chi connectivity index (χ1v) is 11.4. The van der Waals surface area contributed by atoms with Gasteiger partial charge in [-0.05, 0) is 42.5 Å².